The van der Waals surface area contributed by atoms with Gasteiger partial charge in [-0.15, -0.1) is 11.8 Å². The molecule has 0 aliphatic heterocycles. The number of thioether (sulfide) groups is 1. The van der Waals surface area contributed by atoms with E-state index in [0.29, 0.717) is 0 Å². The summed E-state index contributed by atoms with van der Waals surface area (Å²) in [5, 5.41) is 0. The zero-order valence-electron chi connectivity index (χ0n) is 11.8. The summed E-state index contributed by atoms with van der Waals surface area (Å²) in [6.07, 6.45) is 0. The average Bonchev–Trinajstić information content (AvgIpc) is 2.54. The first-order valence-corrected chi connectivity index (χ1v) is 9.81. The van der Waals surface area contributed by atoms with E-state index in [0.717, 1.165) is 10.2 Å². The predicted octanol–water partition coefficient (Wildman–Crippen LogP) is 7.01. The van der Waals surface area contributed by atoms with Gasteiger partial charge >= 0.3 is 0 Å². The Hall–Kier alpha value is -0.780. The molecule has 0 N–H and O–H groups in total. The van der Waals surface area contributed by atoms with Crippen LogP contribution in [-0.4, -0.2) is 0 Å². The normalized spacial score (nSPS) is 10.6. The number of benzene rings is 3. The minimum atomic E-state index is 0.972. The summed E-state index contributed by atoms with van der Waals surface area (Å²) in [4.78, 5) is 1.33. The molecule has 0 bridgehead atoms. The molecule has 0 atom stereocenters. The molecule has 0 aliphatic rings. The molecule has 0 saturated heterocycles. The Morgan fingerprint density at radius 3 is 2.32 bits per heavy atom. The standard InChI is InChI=1S/C19H14BrIS/c20-15-7-5-6-14(12-15)13-22-19-11-4-2-9-17(19)16-8-1-3-10-18(16)21/h1-12H,13H2. The van der Waals surface area contributed by atoms with Crippen LogP contribution in [0.2, 0.25) is 0 Å². The molecule has 0 heterocycles. The fourth-order valence-electron chi connectivity index (χ4n) is 2.28. The highest BCUT2D eigenvalue weighted by atomic mass is 127. The van der Waals surface area contributed by atoms with Gasteiger partial charge in [-0.25, -0.2) is 0 Å². The molecule has 0 spiro atoms. The van der Waals surface area contributed by atoms with Crippen molar-refractivity contribution in [3.8, 4) is 11.1 Å². The van der Waals surface area contributed by atoms with E-state index >= 15 is 0 Å². The quantitative estimate of drug-likeness (QED) is 0.285. The van der Waals surface area contributed by atoms with E-state index in [4.69, 9.17) is 0 Å². The summed E-state index contributed by atoms with van der Waals surface area (Å²) >= 11 is 7.84. The largest absolute Gasteiger partial charge is 0.121 e. The van der Waals surface area contributed by atoms with E-state index in [1.54, 1.807) is 0 Å². The Morgan fingerprint density at radius 2 is 1.55 bits per heavy atom. The van der Waals surface area contributed by atoms with E-state index in [9.17, 15) is 0 Å². The van der Waals surface area contributed by atoms with Gasteiger partial charge in [0.25, 0.3) is 0 Å². The summed E-state index contributed by atoms with van der Waals surface area (Å²) < 4.78 is 2.42. The Labute approximate surface area is 157 Å². The van der Waals surface area contributed by atoms with E-state index in [1.807, 2.05) is 11.8 Å². The van der Waals surface area contributed by atoms with Gasteiger partial charge < -0.3 is 0 Å². The molecule has 3 rings (SSSR count). The van der Waals surface area contributed by atoms with Gasteiger partial charge in [0.1, 0.15) is 0 Å². The first kappa shape index (κ1) is 16.1. The number of rotatable bonds is 4. The molecule has 0 radical (unpaired) electrons. The van der Waals surface area contributed by atoms with Gasteiger partial charge in [-0.2, -0.15) is 0 Å². The van der Waals surface area contributed by atoms with E-state index in [1.165, 1.54) is 25.2 Å². The van der Waals surface area contributed by atoms with Crippen molar-refractivity contribution in [2.75, 3.05) is 0 Å². The topological polar surface area (TPSA) is 0 Å². The molecule has 0 amide bonds. The zero-order valence-corrected chi connectivity index (χ0v) is 16.4. The van der Waals surface area contributed by atoms with Gasteiger partial charge in [0.2, 0.25) is 0 Å². The maximum absolute atomic E-state index is 3.54. The molecular formula is C19H14BrIS. The van der Waals surface area contributed by atoms with Crippen LogP contribution in [-0.2, 0) is 5.75 Å². The third-order valence-electron chi connectivity index (χ3n) is 3.33. The molecule has 0 fully saturated rings. The highest BCUT2D eigenvalue weighted by molar-refractivity contribution is 14.1. The SMILES string of the molecule is Brc1cccc(CSc2ccccc2-c2ccccc2I)c1. The molecule has 0 unspecified atom stereocenters. The number of hydrogen-bond donors (Lipinski definition) is 0. The summed E-state index contributed by atoms with van der Waals surface area (Å²) in [7, 11) is 0. The van der Waals surface area contributed by atoms with Crippen molar-refractivity contribution in [2.45, 2.75) is 10.6 Å². The smallest absolute Gasteiger partial charge is 0.0232 e. The maximum atomic E-state index is 3.54. The lowest BCUT2D eigenvalue weighted by molar-refractivity contribution is 1.37. The molecule has 3 aromatic rings. The van der Waals surface area contributed by atoms with Gasteiger partial charge in [-0.05, 0) is 63.5 Å². The van der Waals surface area contributed by atoms with E-state index < -0.39 is 0 Å². The predicted molar refractivity (Wildman–Crippen MR) is 108 cm³/mol. The van der Waals surface area contributed by atoms with Crippen LogP contribution >= 0.6 is 50.3 Å². The summed E-state index contributed by atoms with van der Waals surface area (Å²) in [6, 6.07) is 25.7. The van der Waals surface area contributed by atoms with Gasteiger partial charge in [-0.3, -0.25) is 0 Å². The minimum Gasteiger partial charge on any atom is -0.121 e. The number of hydrogen-bond acceptors (Lipinski definition) is 1. The first-order chi connectivity index (χ1) is 10.7. The van der Waals surface area contributed by atoms with Crippen LogP contribution in [0.5, 0.6) is 0 Å². The Balaban J connectivity index is 1.87. The highest BCUT2D eigenvalue weighted by Gasteiger charge is 2.08. The molecule has 0 aromatic heterocycles. The third kappa shape index (κ3) is 3.94. The first-order valence-electron chi connectivity index (χ1n) is 6.95. The second kappa shape index (κ2) is 7.66. The molecular weight excluding hydrogens is 467 g/mol. The average molecular weight is 481 g/mol. The van der Waals surface area contributed by atoms with Crippen molar-refractivity contribution in [1.29, 1.82) is 0 Å². The second-order valence-electron chi connectivity index (χ2n) is 4.89. The van der Waals surface area contributed by atoms with Crippen molar-refractivity contribution in [2.24, 2.45) is 0 Å². The van der Waals surface area contributed by atoms with Crippen molar-refractivity contribution in [3.05, 3.63) is 86.4 Å². The van der Waals surface area contributed by atoms with Crippen LogP contribution in [0.3, 0.4) is 0 Å². The zero-order chi connectivity index (χ0) is 15.4. The molecule has 110 valence electrons. The molecule has 3 heteroatoms. The van der Waals surface area contributed by atoms with Gasteiger partial charge in [-0.1, -0.05) is 64.5 Å². The molecule has 0 nitrogen and oxygen atoms in total. The lowest BCUT2D eigenvalue weighted by atomic mass is 10.1. The van der Waals surface area contributed by atoms with Crippen LogP contribution in [0.25, 0.3) is 11.1 Å². The summed E-state index contributed by atoms with van der Waals surface area (Å²) in [6.45, 7) is 0. The fraction of sp³-hybridized carbons (Fsp3) is 0.0526. The molecule has 0 aliphatic carbocycles. The van der Waals surface area contributed by atoms with E-state index in [-0.39, 0.29) is 0 Å². The van der Waals surface area contributed by atoms with Crippen molar-refractivity contribution in [3.63, 3.8) is 0 Å². The van der Waals surface area contributed by atoms with Crippen molar-refractivity contribution < 1.29 is 0 Å². The van der Waals surface area contributed by atoms with Crippen molar-refractivity contribution >= 4 is 50.3 Å². The summed E-state index contributed by atoms with van der Waals surface area (Å²) in [5.74, 6) is 0.972. The van der Waals surface area contributed by atoms with Gasteiger partial charge in [0.15, 0.2) is 0 Å². The number of halogens is 2. The van der Waals surface area contributed by atoms with E-state index in [2.05, 4.69) is 111 Å². The van der Waals surface area contributed by atoms with Crippen molar-refractivity contribution in [1.82, 2.24) is 0 Å². The monoisotopic (exact) mass is 480 g/mol. The Morgan fingerprint density at radius 1 is 0.818 bits per heavy atom. The Bertz CT molecular complexity index is 786. The van der Waals surface area contributed by atoms with Crippen LogP contribution < -0.4 is 0 Å². The molecule has 0 saturated carbocycles. The lowest BCUT2D eigenvalue weighted by Gasteiger charge is -2.11. The maximum Gasteiger partial charge on any atom is 0.0232 e. The summed E-state index contributed by atoms with van der Waals surface area (Å²) in [5.41, 5.74) is 3.95. The highest BCUT2D eigenvalue weighted by Crippen LogP contribution is 2.35. The third-order valence-corrected chi connectivity index (χ3v) is 5.91. The van der Waals surface area contributed by atoms with Gasteiger partial charge in [0, 0.05) is 18.7 Å². The second-order valence-corrected chi connectivity index (χ2v) is 7.99. The van der Waals surface area contributed by atoms with Crippen LogP contribution in [0.15, 0.2) is 82.2 Å². The van der Waals surface area contributed by atoms with Gasteiger partial charge in [0.05, 0.1) is 0 Å². The molecule has 3 aromatic carbocycles. The molecule has 22 heavy (non-hydrogen) atoms. The lowest BCUT2D eigenvalue weighted by Crippen LogP contribution is -1.87. The fourth-order valence-corrected chi connectivity index (χ4v) is 4.42. The van der Waals surface area contributed by atoms with Crippen LogP contribution in [0.1, 0.15) is 5.56 Å². The minimum absolute atomic E-state index is 0.972. The Kier molecular flexibility index (Phi) is 5.61. The van der Waals surface area contributed by atoms with Crippen LogP contribution in [0.4, 0.5) is 0 Å². The van der Waals surface area contributed by atoms with Crippen LogP contribution in [0, 0.1) is 3.57 Å².